The maximum atomic E-state index is 12.4. The van der Waals surface area contributed by atoms with Gasteiger partial charge in [-0.3, -0.25) is 0 Å². The van der Waals surface area contributed by atoms with Crippen molar-refractivity contribution in [3.05, 3.63) is 130 Å². The van der Waals surface area contributed by atoms with Crippen LogP contribution in [0.3, 0.4) is 0 Å². The minimum absolute atomic E-state index is 0.670. The Morgan fingerprint density at radius 3 is 2.23 bits per heavy atom. The zero-order valence-electron chi connectivity index (χ0n) is 28.0. The Labute approximate surface area is 283 Å². The number of fused-ring (bicyclic) bond motifs is 10. The third-order valence-corrected chi connectivity index (χ3v) is 11.9. The van der Waals surface area contributed by atoms with Crippen molar-refractivity contribution in [3.8, 4) is 28.4 Å². The molecule has 0 spiro atoms. The van der Waals surface area contributed by atoms with E-state index < -0.39 is 11.2 Å². The molecule has 4 heteroatoms. The van der Waals surface area contributed by atoms with Crippen molar-refractivity contribution in [2.24, 2.45) is 17.8 Å². The molecule has 2 bridgehead atoms. The predicted molar refractivity (Wildman–Crippen MR) is 192 cm³/mol. The summed E-state index contributed by atoms with van der Waals surface area (Å²) in [6.45, 7) is 1.93. The Kier molecular flexibility index (Phi) is 6.78. The molecule has 0 saturated heterocycles. The predicted octanol–water partition coefficient (Wildman–Crippen LogP) is 9.81. The van der Waals surface area contributed by atoms with Gasteiger partial charge in [0.25, 0.3) is 0 Å². The van der Waals surface area contributed by atoms with Gasteiger partial charge < -0.3 is 19.3 Å². The van der Waals surface area contributed by atoms with Gasteiger partial charge in [0, 0.05) is 27.6 Å². The van der Waals surface area contributed by atoms with Crippen LogP contribution >= 0.6 is 0 Å². The van der Waals surface area contributed by atoms with Crippen LogP contribution in [-0.4, -0.2) is 19.3 Å². The number of benzene rings is 5. The molecular formula is C44H42O4. The highest BCUT2D eigenvalue weighted by molar-refractivity contribution is 6.09. The average molecular weight is 635 g/mol. The highest BCUT2D eigenvalue weighted by Crippen LogP contribution is 2.58. The van der Waals surface area contributed by atoms with Gasteiger partial charge in [-0.15, -0.1) is 0 Å². The van der Waals surface area contributed by atoms with Crippen LogP contribution in [0.15, 0.2) is 97.1 Å². The molecule has 4 unspecified atom stereocenters. The van der Waals surface area contributed by atoms with E-state index in [1.54, 1.807) is 14.2 Å². The molecule has 0 radical (unpaired) electrons. The summed E-state index contributed by atoms with van der Waals surface area (Å²) >= 11 is 0. The van der Waals surface area contributed by atoms with Crippen LogP contribution in [0.4, 0.5) is 0 Å². The van der Waals surface area contributed by atoms with Crippen molar-refractivity contribution < 1.29 is 19.3 Å². The molecule has 242 valence electrons. The molecule has 5 atom stereocenters. The zero-order valence-corrected chi connectivity index (χ0v) is 28.0. The molecular weight excluding hydrogens is 592 g/mol. The van der Waals surface area contributed by atoms with E-state index in [1.165, 1.54) is 37.7 Å². The van der Waals surface area contributed by atoms with Crippen LogP contribution in [-0.2, 0) is 17.6 Å². The molecule has 5 aromatic carbocycles. The highest BCUT2D eigenvalue weighted by Gasteiger charge is 2.45. The lowest BCUT2D eigenvalue weighted by atomic mass is 9.77. The molecule has 0 amide bonds. The van der Waals surface area contributed by atoms with Gasteiger partial charge >= 0.3 is 0 Å². The maximum Gasteiger partial charge on any atom is 0.178 e. The lowest BCUT2D eigenvalue weighted by Gasteiger charge is -2.38. The van der Waals surface area contributed by atoms with Gasteiger partial charge in [-0.05, 0) is 108 Å². The molecule has 0 aromatic heterocycles. The van der Waals surface area contributed by atoms with Crippen LogP contribution in [0.25, 0.3) is 28.0 Å². The van der Waals surface area contributed by atoms with Gasteiger partial charge in [0.1, 0.15) is 22.8 Å². The first-order valence-electron chi connectivity index (χ1n) is 17.5. The number of hydrogen-bond donors (Lipinski definition) is 1. The second-order valence-corrected chi connectivity index (χ2v) is 14.7. The summed E-state index contributed by atoms with van der Waals surface area (Å²) in [5.41, 5.74) is 6.12. The Morgan fingerprint density at radius 1 is 0.792 bits per heavy atom. The molecule has 2 fully saturated rings. The zero-order chi connectivity index (χ0) is 32.6. The molecule has 9 rings (SSSR count). The van der Waals surface area contributed by atoms with Crippen molar-refractivity contribution in [1.82, 2.24) is 0 Å². The van der Waals surface area contributed by atoms with Crippen molar-refractivity contribution in [3.63, 3.8) is 0 Å². The van der Waals surface area contributed by atoms with Gasteiger partial charge in [0.15, 0.2) is 5.60 Å². The topological polar surface area (TPSA) is 47.9 Å². The summed E-state index contributed by atoms with van der Waals surface area (Å²) in [5.74, 6) is 4.89. The van der Waals surface area contributed by atoms with E-state index in [0.717, 1.165) is 85.2 Å². The standard InChI is InChI=1S/C44H42O4/c1-43(45)38-12-8-7-11-34(38)40-36-25-30(24-29-22-27-13-14-28(21-27)23-29)39(47-3)26-37(36)42-35(41(40)43)19-20-44(48-42,31-9-5-4-6-10-31)32-15-17-33(46-2)18-16-32/h4-12,15-20,25-29,45H,13-14,21-24H2,1-3H3/t27-,28?,29?,43?,44?/m0/s1. The van der Waals surface area contributed by atoms with E-state index in [9.17, 15) is 5.11 Å². The molecule has 1 heterocycles. The smallest absolute Gasteiger partial charge is 0.178 e. The van der Waals surface area contributed by atoms with Crippen molar-refractivity contribution >= 4 is 16.8 Å². The van der Waals surface area contributed by atoms with Crippen LogP contribution in [0.2, 0.25) is 0 Å². The van der Waals surface area contributed by atoms with Crippen molar-refractivity contribution in [2.75, 3.05) is 14.2 Å². The van der Waals surface area contributed by atoms with E-state index in [4.69, 9.17) is 14.2 Å². The first-order chi connectivity index (χ1) is 23.4. The quantitative estimate of drug-likeness (QED) is 0.202. The van der Waals surface area contributed by atoms with Gasteiger partial charge in [-0.2, -0.15) is 0 Å². The minimum Gasteiger partial charge on any atom is -0.497 e. The Morgan fingerprint density at radius 2 is 1.50 bits per heavy atom. The normalized spacial score (nSPS) is 26.5. The molecule has 5 aromatic rings. The van der Waals surface area contributed by atoms with Crippen LogP contribution < -0.4 is 14.2 Å². The van der Waals surface area contributed by atoms with Gasteiger partial charge in [0.2, 0.25) is 0 Å². The summed E-state index contributed by atoms with van der Waals surface area (Å²) in [7, 11) is 3.48. The first-order valence-corrected chi connectivity index (χ1v) is 17.5. The Bertz CT molecular complexity index is 2060. The molecule has 1 aliphatic heterocycles. The minimum atomic E-state index is -1.19. The maximum absolute atomic E-state index is 12.4. The first kappa shape index (κ1) is 29.6. The summed E-state index contributed by atoms with van der Waals surface area (Å²) in [6, 6.07) is 31.4. The number of rotatable bonds is 6. The third kappa shape index (κ3) is 4.38. The van der Waals surface area contributed by atoms with Crippen molar-refractivity contribution in [1.29, 1.82) is 0 Å². The van der Waals surface area contributed by atoms with E-state index in [2.05, 4.69) is 78.9 Å². The summed E-state index contributed by atoms with van der Waals surface area (Å²) < 4.78 is 19.1. The molecule has 2 saturated carbocycles. The van der Waals surface area contributed by atoms with Crippen LogP contribution in [0, 0.1) is 17.8 Å². The van der Waals surface area contributed by atoms with E-state index in [0.29, 0.717) is 5.92 Å². The van der Waals surface area contributed by atoms with E-state index in [1.807, 2.05) is 31.2 Å². The highest BCUT2D eigenvalue weighted by atomic mass is 16.5. The van der Waals surface area contributed by atoms with Crippen molar-refractivity contribution in [2.45, 2.75) is 56.7 Å². The SMILES string of the molecule is COc1ccc(C2(c3ccccc3)C=Cc3c4c(c5cc(CC6CC7CC[C@@H](C7)C6)c(OC)cc5c3O2)-c2ccccc2C4(C)O)cc1. The van der Waals surface area contributed by atoms with Gasteiger partial charge in [0.05, 0.1) is 14.2 Å². The fourth-order valence-corrected chi connectivity index (χ4v) is 9.73. The van der Waals surface area contributed by atoms with E-state index in [-0.39, 0.29) is 0 Å². The number of hydrogen-bond acceptors (Lipinski definition) is 4. The van der Waals surface area contributed by atoms with Crippen LogP contribution in [0.1, 0.15) is 72.4 Å². The second kappa shape index (κ2) is 11.0. The fourth-order valence-electron chi connectivity index (χ4n) is 9.73. The van der Waals surface area contributed by atoms with Crippen LogP contribution in [0.5, 0.6) is 17.2 Å². The fraction of sp³-hybridized carbons (Fsp3) is 0.318. The largest absolute Gasteiger partial charge is 0.497 e. The van der Waals surface area contributed by atoms with Gasteiger partial charge in [-0.25, -0.2) is 0 Å². The Balaban J connectivity index is 1.29. The molecule has 4 nitrogen and oxygen atoms in total. The Hall–Kier alpha value is -4.54. The second-order valence-electron chi connectivity index (χ2n) is 14.7. The van der Waals surface area contributed by atoms with Gasteiger partial charge in [-0.1, -0.05) is 85.6 Å². The number of methoxy groups -OCH3 is 2. The molecule has 1 N–H and O–H groups in total. The summed E-state index contributed by atoms with van der Waals surface area (Å²) in [6.07, 6.45) is 12.2. The summed E-state index contributed by atoms with van der Waals surface area (Å²) in [5, 5.41) is 14.5. The van der Waals surface area contributed by atoms with E-state index >= 15 is 0 Å². The molecule has 3 aliphatic carbocycles. The molecule has 48 heavy (non-hydrogen) atoms. The molecule has 4 aliphatic rings. The average Bonchev–Trinajstić information content (AvgIpc) is 3.59. The lowest BCUT2D eigenvalue weighted by molar-refractivity contribution is 0.105. The lowest BCUT2D eigenvalue weighted by Crippen LogP contribution is -2.35. The third-order valence-electron chi connectivity index (χ3n) is 11.9. The monoisotopic (exact) mass is 634 g/mol. The summed E-state index contributed by atoms with van der Waals surface area (Å²) in [4.78, 5) is 0. The number of ether oxygens (including phenoxy) is 3. The number of aliphatic hydroxyl groups is 1.